The average molecular weight is 267 g/mol. The summed E-state index contributed by atoms with van der Waals surface area (Å²) in [6.45, 7) is 2.01. The molecule has 1 unspecified atom stereocenters. The molecule has 1 aromatic heterocycles. The Balaban J connectivity index is 2.01. The molecule has 0 bridgehead atoms. The number of nitrogens with zero attached hydrogens (tertiary/aromatic N) is 1. The molecule has 0 aliphatic rings. The lowest BCUT2D eigenvalue weighted by Crippen LogP contribution is -2.36. The van der Waals surface area contributed by atoms with Gasteiger partial charge in [-0.05, 0) is 13.0 Å². The summed E-state index contributed by atoms with van der Waals surface area (Å²) in [5, 5.41) is 13.2. The summed E-state index contributed by atoms with van der Waals surface area (Å²) >= 11 is 0. The molecule has 6 heteroatoms. The van der Waals surface area contributed by atoms with E-state index >= 15 is 0 Å². The molecule has 0 saturated carbocycles. The number of benzene rings is 1. The molecule has 0 saturated heterocycles. The number of aromatic amines is 1. The fourth-order valence-electron chi connectivity index (χ4n) is 1.84. The molecule has 0 aliphatic heterocycles. The first-order valence-corrected chi connectivity index (χ1v) is 5.86. The van der Waals surface area contributed by atoms with E-state index in [1.54, 1.807) is 12.4 Å². The first-order chi connectivity index (χ1) is 8.99. The third-order valence-electron chi connectivity index (χ3n) is 2.83. The zero-order chi connectivity index (χ0) is 13.9. The van der Waals surface area contributed by atoms with Crippen LogP contribution in [0.4, 0.5) is 8.78 Å². The molecule has 102 valence electrons. The highest BCUT2D eigenvalue weighted by atomic mass is 19.1. The summed E-state index contributed by atoms with van der Waals surface area (Å²) < 4.78 is 26.4. The maximum Gasteiger partial charge on any atom is 0.132 e. The van der Waals surface area contributed by atoms with Gasteiger partial charge in [-0.2, -0.15) is 0 Å². The van der Waals surface area contributed by atoms with E-state index < -0.39 is 17.2 Å². The molecule has 0 aliphatic carbocycles. The number of aromatic nitrogens is 2. The van der Waals surface area contributed by atoms with Gasteiger partial charge in [0.25, 0.3) is 0 Å². The van der Waals surface area contributed by atoms with Crippen molar-refractivity contribution in [3.8, 4) is 0 Å². The molecule has 1 aromatic carbocycles. The highest BCUT2D eigenvalue weighted by molar-refractivity contribution is 5.24. The van der Waals surface area contributed by atoms with E-state index in [1.807, 2.05) is 0 Å². The van der Waals surface area contributed by atoms with Gasteiger partial charge in [0.1, 0.15) is 23.1 Å². The van der Waals surface area contributed by atoms with Crippen molar-refractivity contribution < 1.29 is 13.9 Å². The normalized spacial score (nSPS) is 14.3. The number of hydrogen-bond acceptors (Lipinski definition) is 3. The Morgan fingerprint density at radius 3 is 2.84 bits per heavy atom. The second-order valence-corrected chi connectivity index (χ2v) is 4.54. The lowest BCUT2D eigenvalue weighted by atomic mass is 9.95. The van der Waals surface area contributed by atoms with E-state index in [0.29, 0.717) is 6.54 Å². The molecular formula is C13H15F2N3O. The largest absolute Gasteiger partial charge is 0.384 e. The molecule has 1 heterocycles. The predicted molar refractivity (Wildman–Crippen MR) is 66.2 cm³/mol. The van der Waals surface area contributed by atoms with Crippen LogP contribution in [0.5, 0.6) is 0 Å². The van der Waals surface area contributed by atoms with E-state index in [9.17, 15) is 13.9 Å². The average Bonchev–Trinajstić information content (AvgIpc) is 2.81. The van der Waals surface area contributed by atoms with Gasteiger partial charge in [0.2, 0.25) is 0 Å². The van der Waals surface area contributed by atoms with Crippen molar-refractivity contribution in [1.82, 2.24) is 15.3 Å². The van der Waals surface area contributed by atoms with Gasteiger partial charge in [0.15, 0.2) is 0 Å². The summed E-state index contributed by atoms with van der Waals surface area (Å²) in [4.78, 5) is 6.92. The van der Waals surface area contributed by atoms with Crippen LogP contribution in [0.25, 0.3) is 0 Å². The van der Waals surface area contributed by atoms with Gasteiger partial charge >= 0.3 is 0 Å². The molecule has 2 rings (SSSR count). The fourth-order valence-corrected chi connectivity index (χ4v) is 1.84. The van der Waals surface area contributed by atoms with Crippen LogP contribution in [-0.4, -0.2) is 21.6 Å². The third kappa shape index (κ3) is 3.36. The minimum absolute atomic E-state index is 0.0563. The number of hydrogen-bond donors (Lipinski definition) is 3. The van der Waals surface area contributed by atoms with Crippen LogP contribution in [-0.2, 0) is 12.1 Å². The van der Waals surface area contributed by atoms with E-state index in [1.165, 1.54) is 13.0 Å². The summed E-state index contributed by atoms with van der Waals surface area (Å²) in [6, 6.07) is 3.13. The first-order valence-electron chi connectivity index (χ1n) is 5.86. The number of aliphatic hydroxyl groups is 1. The van der Waals surface area contributed by atoms with Crippen LogP contribution in [0, 0.1) is 11.6 Å². The van der Waals surface area contributed by atoms with Crippen LogP contribution in [0.3, 0.4) is 0 Å². The Labute approximate surface area is 109 Å². The summed E-state index contributed by atoms with van der Waals surface area (Å²) in [5.41, 5.74) is -1.37. The highest BCUT2D eigenvalue weighted by Crippen LogP contribution is 2.23. The Morgan fingerprint density at radius 1 is 1.42 bits per heavy atom. The Hall–Kier alpha value is -1.79. The minimum Gasteiger partial charge on any atom is -0.384 e. The highest BCUT2D eigenvalue weighted by Gasteiger charge is 2.26. The van der Waals surface area contributed by atoms with Crippen LogP contribution in [0.15, 0.2) is 30.6 Å². The number of nitrogens with one attached hydrogen (secondary N) is 2. The zero-order valence-corrected chi connectivity index (χ0v) is 10.5. The molecule has 4 nitrogen and oxygen atoms in total. The maximum absolute atomic E-state index is 13.6. The lowest BCUT2D eigenvalue weighted by molar-refractivity contribution is 0.0527. The van der Waals surface area contributed by atoms with Crippen molar-refractivity contribution in [1.29, 1.82) is 0 Å². The van der Waals surface area contributed by atoms with Crippen molar-refractivity contribution in [2.24, 2.45) is 0 Å². The Kier molecular flexibility index (Phi) is 3.92. The van der Waals surface area contributed by atoms with E-state index in [2.05, 4.69) is 15.3 Å². The van der Waals surface area contributed by atoms with Crippen molar-refractivity contribution in [3.63, 3.8) is 0 Å². The van der Waals surface area contributed by atoms with Gasteiger partial charge in [0, 0.05) is 30.6 Å². The van der Waals surface area contributed by atoms with Gasteiger partial charge in [-0.25, -0.2) is 13.8 Å². The first kappa shape index (κ1) is 13.6. The Morgan fingerprint density at radius 2 is 2.21 bits per heavy atom. The summed E-state index contributed by atoms with van der Waals surface area (Å²) in [6.07, 6.45) is 3.31. The second kappa shape index (κ2) is 5.46. The molecule has 19 heavy (non-hydrogen) atoms. The van der Waals surface area contributed by atoms with Gasteiger partial charge in [-0.3, -0.25) is 0 Å². The molecule has 3 N–H and O–H groups in total. The molecule has 1 atom stereocenters. The molecule has 0 fully saturated rings. The van der Waals surface area contributed by atoms with Gasteiger partial charge < -0.3 is 15.4 Å². The van der Waals surface area contributed by atoms with Gasteiger partial charge in [-0.1, -0.05) is 6.07 Å². The fraction of sp³-hybridized carbons (Fsp3) is 0.308. The Bertz CT molecular complexity index is 541. The monoisotopic (exact) mass is 267 g/mol. The molecule has 0 spiro atoms. The van der Waals surface area contributed by atoms with Crippen LogP contribution in [0.2, 0.25) is 0 Å². The lowest BCUT2D eigenvalue weighted by Gasteiger charge is -2.24. The van der Waals surface area contributed by atoms with E-state index in [0.717, 1.165) is 18.0 Å². The molecule has 0 radical (unpaired) electrons. The van der Waals surface area contributed by atoms with Gasteiger partial charge in [0.05, 0.1) is 6.54 Å². The van der Waals surface area contributed by atoms with Crippen LogP contribution < -0.4 is 5.32 Å². The van der Waals surface area contributed by atoms with E-state index in [-0.39, 0.29) is 12.1 Å². The van der Waals surface area contributed by atoms with Crippen molar-refractivity contribution in [2.75, 3.05) is 6.54 Å². The molecular weight excluding hydrogens is 252 g/mol. The SMILES string of the molecule is CC(O)(CNCc1ncc[nH]1)c1ccc(F)cc1F. The maximum atomic E-state index is 13.6. The smallest absolute Gasteiger partial charge is 0.132 e. The van der Waals surface area contributed by atoms with Crippen molar-refractivity contribution >= 4 is 0 Å². The molecule has 0 amide bonds. The number of halogens is 2. The predicted octanol–water partition coefficient (Wildman–Crippen LogP) is 1.69. The standard InChI is InChI=1S/C13H15F2N3O/c1-13(19,8-16-7-12-17-4-5-18-12)10-3-2-9(14)6-11(10)15/h2-6,16,19H,7-8H2,1H3,(H,17,18). The second-order valence-electron chi connectivity index (χ2n) is 4.54. The van der Waals surface area contributed by atoms with Gasteiger partial charge in [-0.15, -0.1) is 0 Å². The summed E-state index contributed by atoms with van der Waals surface area (Å²) in [7, 11) is 0. The van der Waals surface area contributed by atoms with E-state index in [4.69, 9.17) is 0 Å². The quantitative estimate of drug-likeness (QED) is 0.772. The van der Waals surface area contributed by atoms with Crippen LogP contribution in [0.1, 0.15) is 18.3 Å². The topological polar surface area (TPSA) is 60.9 Å². The number of imidazole rings is 1. The number of H-pyrrole nitrogens is 1. The minimum atomic E-state index is -1.43. The van der Waals surface area contributed by atoms with Crippen molar-refractivity contribution in [3.05, 3.63) is 53.6 Å². The third-order valence-corrected chi connectivity index (χ3v) is 2.83. The summed E-state index contributed by atoms with van der Waals surface area (Å²) in [5.74, 6) is -0.708. The van der Waals surface area contributed by atoms with Crippen LogP contribution >= 0.6 is 0 Å². The zero-order valence-electron chi connectivity index (χ0n) is 10.5. The molecule has 2 aromatic rings. The number of rotatable bonds is 5. The van der Waals surface area contributed by atoms with Crippen molar-refractivity contribution in [2.45, 2.75) is 19.1 Å².